The number of aliphatic imine (C=N–C) groups is 1. The average Bonchev–Trinajstić information content (AvgIpc) is 2.64. The second-order valence-electron chi connectivity index (χ2n) is 6.83. The van der Waals surface area contributed by atoms with Gasteiger partial charge in [-0.15, -0.1) is 24.0 Å². The number of halogens is 2. The van der Waals surface area contributed by atoms with Gasteiger partial charge in [0.1, 0.15) is 5.82 Å². The van der Waals surface area contributed by atoms with Crippen molar-refractivity contribution >= 4 is 35.8 Å². The van der Waals surface area contributed by atoms with E-state index >= 15 is 0 Å². The van der Waals surface area contributed by atoms with Gasteiger partial charge in [-0.1, -0.05) is 12.1 Å². The van der Waals surface area contributed by atoms with Gasteiger partial charge in [0.15, 0.2) is 5.96 Å². The maximum absolute atomic E-state index is 13.3. The third-order valence-corrected chi connectivity index (χ3v) is 4.76. The topological polar surface area (TPSA) is 82.8 Å². The summed E-state index contributed by atoms with van der Waals surface area (Å²) in [7, 11) is 1.73. The lowest BCUT2D eigenvalue weighted by Crippen LogP contribution is -2.42. The Morgan fingerprint density at radius 3 is 2.85 bits per heavy atom. The Labute approximate surface area is 178 Å². The highest BCUT2D eigenvalue weighted by atomic mass is 127. The molecule has 1 saturated heterocycles. The molecule has 1 aliphatic heterocycles. The van der Waals surface area contributed by atoms with Crippen LogP contribution in [0.5, 0.6) is 0 Å². The zero-order valence-corrected chi connectivity index (χ0v) is 18.5. The second kappa shape index (κ2) is 12.1. The van der Waals surface area contributed by atoms with E-state index in [4.69, 9.17) is 5.73 Å². The Kier molecular flexibility index (Phi) is 10.6. The van der Waals surface area contributed by atoms with Crippen molar-refractivity contribution in [2.45, 2.75) is 32.7 Å². The van der Waals surface area contributed by atoms with Gasteiger partial charge in [-0.3, -0.25) is 9.79 Å². The summed E-state index contributed by atoms with van der Waals surface area (Å²) in [4.78, 5) is 17.8. The van der Waals surface area contributed by atoms with E-state index in [-0.39, 0.29) is 41.6 Å². The van der Waals surface area contributed by atoms with Crippen molar-refractivity contribution in [3.05, 3.63) is 35.1 Å². The van der Waals surface area contributed by atoms with E-state index in [1.807, 2.05) is 6.07 Å². The molecule has 1 heterocycles. The number of benzene rings is 1. The third-order valence-electron chi connectivity index (χ3n) is 4.76. The number of carbonyl (C=O) groups excluding carboxylic acids is 1. The molecule has 1 amide bonds. The molecule has 4 N–H and O–H groups in total. The molecule has 0 bridgehead atoms. The molecule has 1 aromatic rings. The average molecular weight is 491 g/mol. The van der Waals surface area contributed by atoms with Crippen LogP contribution in [0.2, 0.25) is 0 Å². The van der Waals surface area contributed by atoms with Gasteiger partial charge in [-0.05, 0) is 56.5 Å². The molecule has 2 rings (SSSR count). The molecule has 152 valence electrons. The van der Waals surface area contributed by atoms with E-state index in [0.717, 1.165) is 57.0 Å². The lowest BCUT2D eigenvalue weighted by Gasteiger charge is -2.31. The predicted molar refractivity (Wildman–Crippen MR) is 118 cm³/mol. The third kappa shape index (κ3) is 8.00. The Bertz CT molecular complexity index is 641. The van der Waals surface area contributed by atoms with Gasteiger partial charge in [-0.2, -0.15) is 0 Å². The van der Waals surface area contributed by atoms with Gasteiger partial charge >= 0.3 is 0 Å². The van der Waals surface area contributed by atoms with Crippen LogP contribution in [0.25, 0.3) is 0 Å². The van der Waals surface area contributed by atoms with E-state index in [1.54, 1.807) is 20.0 Å². The first-order valence-electron chi connectivity index (χ1n) is 9.21. The largest absolute Gasteiger partial charge is 0.369 e. The fraction of sp³-hybridized carbons (Fsp3) is 0.579. The van der Waals surface area contributed by atoms with Crippen LogP contribution < -0.4 is 16.4 Å². The van der Waals surface area contributed by atoms with Gasteiger partial charge in [0, 0.05) is 26.7 Å². The number of nitrogens with zero attached hydrogens (tertiary/aromatic N) is 2. The number of hydrogen-bond donors (Lipinski definition) is 3. The lowest BCUT2D eigenvalue weighted by atomic mass is 9.97. The van der Waals surface area contributed by atoms with Crippen LogP contribution in [0.4, 0.5) is 4.39 Å². The first kappa shape index (κ1) is 23.6. The number of guanidine groups is 1. The maximum atomic E-state index is 13.3. The van der Waals surface area contributed by atoms with E-state index in [0.29, 0.717) is 12.1 Å². The van der Waals surface area contributed by atoms with Gasteiger partial charge in [0.2, 0.25) is 5.91 Å². The van der Waals surface area contributed by atoms with Crippen molar-refractivity contribution in [3.63, 3.8) is 0 Å². The Morgan fingerprint density at radius 1 is 1.41 bits per heavy atom. The van der Waals surface area contributed by atoms with Gasteiger partial charge in [-0.25, -0.2) is 4.39 Å². The van der Waals surface area contributed by atoms with E-state index in [9.17, 15) is 9.18 Å². The molecule has 1 atom stereocenters. The Balaban J connectivity index is 0.00000364. The minimum atomic E-state index is -0.187. The molecule has 1 unspecified atom stereocenters. The Hall–Kier alpha value is -1.42. The number of nitrogens with two attached hydrogens (primary N) is 1. The van der Waals surface area contributed by atoms with Gasteiger partial charge in [0.05, 0.1) is 5.92 Å². The molecule has 0 aliphatic carbocycles. The summed E-state index contributed by atoms with van der Waals surface area (Å²) < 4.78 is 13.3. The standard InChI is InChI=1S/C19H30FN5O.HI/c1-14-11-15(6-7-17(14)20)12-24-19(22-2)23-8-4-10-25-9-3-5-16(13-25)18(21)26;/h6-7,11,16H,3-5,8-10,12-13H2,1-2H3,(H2,21,26)(H2,22,23,24);1H. The molecule has 0 aromatic heterocycles. The first-order chi connectivity index (χ1) is 12.5. The number of aryl methyl sites for hydroxylation is 1. The van der Waals surface area contributed by atoms with Crippen LogP contribution in [-0.2, 0) is 11.3 Å². The normalized spacial score (nSPS) is 17.9. The number of nitrogens with one attached hydrogen (secondary N) is 2. The monoisotopic (exact) mass is 491 g/mol. The van der Waals surface area contributed by atoms with Crippen molar-refractivity contribution in [2.75, 3.05) is 33.2 Å². The lowest BCUT2D eigenvalue weighted by molar-refractivity contribution is -0.123. The van der Waals surface area contributed by atoms with Crippen LogP contribution in [0.15, 0.2) is 23.2 Å². The summed E-state index contributed by atoms with van der Waals surface area (Å²) in [5.41, 5.74) is 7.07. The number of primary amides is 1. The van der Waals surface area contributed by atoms with Crippen LogP contribution >= 0.6 is 24.0 Å². The summed E-state index contributed by atoms with van der Waals surface area (Å²) in [6.45, 7) is 5.88. The first-order valence-corrected chi connectivity index (χ1v) is 9.21. The van der Waals surface area contributed by atoms with Crippen molar-refractivity contribution < 1.29 is 9.18 Å². The summed E-state index contributed by atoms with van der Waals surface area (Å²) >= 11 is 0. The smallest absolute Gasteiger partial charge is 0.221 e. The maximum Gasteiger partial charge on any atom is 0.221 e. The minimum absolute atomic E-state index is 0. The van der Waals surface area contributed by atoms with E-state index in [1.165, 1.54) is 6.07 Å². The molecule has 1 fully saturated rings. The highest BCUT2D eigenvalue weighted by Gasteiger charge is 2.23. The summed E-state index contributed by atoms with van der Waals surface area (Å²) in [5.74, 6) is 0.340. The number of carbonyl (C=O) groups is 1. The highest BCUT2D eigenvalue weighted by Crippen LogP contribution is 2.15. The quantitative estimate of drug-likeness (QED) is 0.236. The molecule has 8 heteroatoms. The zero-order chi connectivity index (χ0) is 18.9. The number of piperidine rings is 1. The fourth-order valence-electron chi connectivity index (χ4n) is 3.22. The molecule has 0 spiro atoms. The van der Waals surface area contributed by atoms with Crippen molar-refractivity contribution in [3.8, 4) is 0 Å². The summed E-state index contributed by atoms with van der Waals surface area (Å²) in [5, 5.41) is 6.52. The SMILES string of the molecule is CN=C(NCCCN1CCCC(C(N)=O)C1)NCc1ccc(F)c(C)c1.I. The Morgan fingerprint density at radius 2 is 2.19 bits per heavy atom. The number of rotatable bonds is 7. The molecule has 1 aliphatic rings. The van der Waals surface area contributed by atoms with E-state index in [2.05, 4.69) is 20.5 Å². The van der Waals surface area contributed by atoms with Crippen molar-refractivity contribution in [2.24, 2.45) is 16.6 Å². The number of likely N-dealkylation sites (tertiary alicyclic amines) is 1. The highest BCUT2D eigenvalue weighted by molar-refractivity contribution is 14.0. The molecule has 0 saturated carbocycles. The van der Waals surface area contributed by atoms with Crippen molar-refractivity contribution in [1.29, 1.82) is 0 Å². The summed E-state index contributed by atoms with van der Waals surface area (Å²) in [6, 6.07) is 5.09. The number of hydrogen-bond acceptors (Lipinski definition) is 3. The predicted octanol–water partition coefficient (Wildman–Crippen LogP) is 2.00. The van der Waals surface area contributed by atoms with Crippen LogP contribution in [0, 0.1) is 18.7 Å². The minimum Gasteiger partial charge on any atom is -0.369 e. The molecule has 0 radical (unpaired) electrons. The molecular weight excluding hydrogens is 460 g/mol. The van der Waals surface area contributed by atoms with Gasteiger partial charge in [0.25, 0.3) is 0 Å². The van der Waals surface area contributed by atoms with Crippen molar-refractivity contribution in [1.82, 2.24) is 15.5 Å². The van der Waals surface area contributed by atoms with E-state index < -0.39 is 0 Å². The molecular formula is C19H31FIN5O. The van der Waals surface area contributed by atoms with Crippen LogP contribution in [0.3, 0.4) is 0 Å². The zero-order valence-electron chi connectivity index (χ0n) is 16.1. The molecule has 27 heavy (non-hydrogen) atoms. The fourth-order valence-corrected chi connectivity index (χ4v) is 3.22. The van der Waals surface area contributed by atoms with Crippen LogP contribution in [-0.4, -0.2) is 50.0 Å². The number of amides is 1. The second-order valence-corrected chi connectivity index (χ2v) is 6.83. The molecule has 1 aromatic carbocycles. The van der Waals surface area contributed by atoms with Gasteiger partial charge < -0.3 is 21.3 Å². The van der Waals surface area contributed by atoms with Crippen LogP contribution in [0.1, 0.15) is 30.4 Å². The molecule has 6 nitrogen and oxygen atoms in total. The summed E-state index contributed by atoms with van der Waals surface area (Å²) in [6.07, 6.45) is 2.90.